The van der Waals surface area contributed by atoms with Crippen LogP contribution in [0.4, 0.5) is 5.69 Å². The van der Waals surface area contributed by atoms with Crippen molar-refractivity contribution >= 4 is 27.5 Å². The van der Waals surface area contributed by atoms with Crippen molar-refractivity contribution in [1.29, 1.82) is 0 Å². The molecule has 0 aliphatic carbocycles. The van der Waals surface area contributed by atoms with Crippen LogP contribution in [0.5, 0.6) is 0 Å². The second kappa shape index (κ2) is 8.94. The lowest BCUT2D eigenvalue weighted by atomic mass is 10.0. The number of halogens is 1. The van der Waals surface area contributed by atoms with Crippen LogP contribution in [-0.4, -0.2) is 17.3 Å². The molecular weight excluding hydrogens is 390 g/mol. The number of amides is 1. The number of hydrogen-bond acceptors (Lipinski definition) is 2. The molecule has 0 N–H and O–H groups in total. The van der Waals surface area contributed by atoms with Gasteiger partial charge in [-0.1, -0.05) is 82.5 Å². The van der Waals surface area contributed by atoms with Gasteiger partial charge < -0.3 is 0 Å². The fourth-order valence-electron chi connectivity index (χ4n) is 3.22. The molecule has 4 heteroatoms. The Labute approximate surface area is 165 Å². The SMILES string of the molecule is CCCCc1ccccc1[N+](Cc1ccccc1)(OC)C(=O)C(C)(C)Br. The lowest BCUT2D eigenvalue weighted by Gasteiger charge is -2.36. The summed E-state index contributed by atoms with van der Waals surface area (Å²) < 4.78 is -0.877. The zero-order chi connectivity index (χ0) is 19.2. The van der Waals surface area contributed by atoms with Gasteiger partial charge in [-0.25, -0.2) is 4.79 Å². The topological polar surface area (TPSA) is 26.3 Å². The van der Waals surface area contributed by atoms with Crippen LogP contribution in [0.3, 0.4) is 0 Å². The number of para-hydroxylation sites is 1. The van der Waals surface area contributed by atoms with Crippen molar-refractivity contribution in [2.75, 3.05) is 7.11 Å². The molecule has 0 fully saturated rings. The summed E-state index contributed by atoms with van der Waals surface area (Å²) in [5.41, 5.74) is 3.15. The van der Waals surface area contributed by atoms with E-state index < -0.39 is 4.32 Å². The van der Waals surface area contributed by atoms with Crippen LogP contribution in [-0.2, 0) is 22.6 Å². The highest BCUT2D eigenvalue weighted by Crippen LogP contribution is 2.36. The van der Waals surface area contributed by atoms with Gasteiger partial charge in [0, 0.05) is 17.2 Å². The molecule has 26 heavy (non-hydrogen) atoms. The molecule has 0 saturated heterocycles. The van der Waals surface area contributed by atoms with Crippen LogP contribution in [0.15, 0.2) is 54.6 Å². The van der Waals surface area contributed by atoms with Crippen LogP contribution in [0.2, 0.25) is 0 Å². The first-order valence-electron chi connectivity index (χ1n) is 9.15. The predicted octanol–water partition coefficient (Wildman–Crippen LogP) is 5.80. The van der Waals surface area contributed by atoms with Crippen molar-refractivity contribution in [2.24, 2.45) is 0 Å². The number of hydrogen-bond donors (Lipinski definition) is 0. The summed E-state index contributed by atoms with van der Waals surface area (Å²) in [6.07, 6.45) is 3.12. The lowest BCUT2D eigenvalue weighted by molar-refractivity contribution is -0.176. The summed E-state index contributed by atoms with van der Waals surface area (Å²) in [5.74, 6) is -0.0206. The van der Waals surface area contributed by atoms with Gasteiger partial charge in [-0.2, -0.15) is 4.84 Å². The molecule has 3 nitrogen and oxygen atoms in total. The standard InChI is InChI=1S/C22H29BrNO2/c1-5-6-14-19-15-10-11-16-20(19)24(26-4,21(25)22(2,3)23)17-18-12-8-7-9-13-18/h7-13,15-16H,5-6,14,17H2,1-4H3/q+1. The number of benzene rings is 2. The van der Waals surface area contributed by atoms with E-state index in [1.165, 1.54) is 0 Å². The molecule has 0 radical (unpaired) electrons. The highest BCUT2D eigenvalue weighted by molar-refractivity contribution is 9.10. The number of alkyl halides is 1. The van der Waals surface area contributed by atoms with E-state index in [1.807, 2.05) is 62.4 Å². The Kier molecular flexibility index (Phi) is 7.16. The third-order valence-corrected chi connectivity index (χ3v) is 4.92. The molecule has 0 bridgehead atoms. The molecule has 1 atom stereocenters. The minimum Gasteiger partial charge on any atom is -0.225 e. The number of unbranched alkanes of at least 4 members (excludes halogenated alkanes) is 1. The minimum absolute atomic E-state index is 0.0206. The highest BCUT2D eigenvalue weighted by atomic mass is 79.9. The summed E-state index contributed by atoms with van der Waals surface area (Å²) in [7, 11) is 1.62. The van der Waals surface area contributed by atoms with Gasteiger partial charge in [0.05, 0.1) is 7.11 Å². The second-order valence-corrected chi connectivity index (χ2v) is 9.06. The van der Waals surface area contributed by atoms with Gasteiger partial charge in [0.25, 0.3) is 0 Å². The quantitative estimate of drug-likeness (QED) is 0.307. The van der Waals surface area contributed by atoms with E-state index in [2.05, 4.69) is 28.9 Å². The van der Waals surface area contributed by atoms with Crippen molar-refractivity contribution in [2.45, 2.75) is 50.9 Å². The number of quaternary nitrogens is 1. The number of aryl methyl sites for hydroxylation is 1. The molecule has 0 aliphatic heterocycles. The maximum absolute atomic E-state index is 13.5. The summed E-state index contributed by atoms with van der Waals surface area (Å²) in [4.78, 5) is 19.5. The summed E-state index contributed by atoms with van der Waals surface area (Å²) in [5, 5.41) is 0. The van der Waals surface area contributed by atoms with E-state index in [0.717, 1.165) is 36.1 Å². The van der Waals surface area contributed by atoms with Gasteiger partial charge in [-0.05, 0) is 26.7 Å². The van der Waals surface area contributed by atoms with E-state index in [-0.39, 0.29) is 10.6 Å². The zero-order valence-electron chi connectivity index (χ0n) is 16.2. The Balaban J connectivity index is 2.62. The maximum Gasteiger partial charge on any atom is 0.367 e. The minimum atomic E-state index is -0.713. The first-order valence-corrected chi connectivity index (χ1v) is 9.94. The molecular formula is C22H29BrNO2+. The second-order valence-electron chi connectivity index (χ2n) is 7.08. The average molecular weight is 419 g/mol. The van der Waals surface area contributed by atoms with Crippen molar-refractivity contribution in [3.63, 3.8) is 0 Å². The van der Waals surface area contributed by atoms with E-state index in [9.17, 15) is 4.79 Å². The van der Waals surface area contributed by atoms with Gasteiger partial charge in [0.15, 0.2) is 5.69 Å². The number of hydroxylamine groups is 2. The van der Waals surface area contributed by atoms with Crippen LogP contribution in [0, 0.1) is 0 Å². The number of carbonyl (C=O) groups excluding carboxylic acids is 1. The molecule has 2 rings (SSSR count). The number of carbonyl (C=O) groups is 1. The van der Waals surface area contributed by atoms with E-state index in [0.29, 0.717) is 6.54 Å². The Hall–Kier alpha value is -1.49. The van der Waals surface area contributed by atoms with Gasteiger partial charge >= 0.3 is 5.91 Å². The molecule has 1 unspecified atom stereocenters. The average Bonchev–Trinajstić information content (AvgIpc) is 2.64. The van der Waals surface area contributed by atoms with E-state index in [4.69, 9.17) is 4.84 Å². The molecule has 0 saturated carbocycles. The van der Waals surface area contributed by atoms with Crippen LogP contribution < -0.4 is 4.65 Å². The highest BCUT2D eigenvalue weighted by Gasteiger charge is 2.49. The predicted molar refractivity (Wildman–Crippen MR) is 112 cm³/mol. The van der Waals surface area contributed by atoms with Crippen LogP contribution in [0.25, 0.3) is 0 Å². The summed E-state index contributed by atoms with van der Waals surface area (Å²) in [6, 6.07) is 18.2. The smallest absolute Gasteiger partial charge is 0.225 e. The van der Waals surface area contributed by atoms with E-state index >= 15 is 0 Å². The monoisotopic (exact) mass is 418 g/mol. The number of nitrogens with zero attached hydrogens (tertiary/aromatic N) is 1. The van der Waals surface area contributed by atoms with Crippen molar-refractivity contribution in [3.8, 4) is 0 Å². The molecule has 2 aromatic rings. The third-order valence-electron chi connectivity index (χ3n) is 4.58. The van der Waals surface area contributed by atoms with Gasteiger partial charge in [0.2, 0.25) is 0 Å². The van der Waals surface area contributed by atoms with Crippen molar-refractivity contribution in [1.82, 2.24) is 4.65 Å². The molecule has 0 spiro atoms. The molecule has 0 aromatic heterocycles. The van der Waals surface area contributed by atoms with Gasteiger partial charge in [0.1, 0.15) is 10.9 Å². The van der Waals surface area contributed by atoms with Crippen molar-refractivity contribution < 1.29 is 9.63 Å². The fraction of sp³-hybridized carbons (Fsp3) is 0.409. The fourth-order valence-corrected chi connectivity index (χ4v) is 3.51. The molecule has 140 valence electrons. The summed E-state index contributed by atoms with van der Waals surface area (Å²) >= 11 is 3.56. The molecule has 0 aliphatic rings. The van der Waals surface area contributed by atoms with Gasteiger partial charge in [-0.3, -0.25) is 0 Å². The van der Waals surface area contributed by atoms with E-state index in [1.54, 1.807) is 7.11 Å². The molecule has 2 aromatic carbocycles. The Morgan fingerprint density at radius 3 is 2.27 bits per heavy atom. The van der Waals surface area contributed by atoms with Gasteiger partial charge in [-0.15, -0.1) is 0 Å². The third kappa shape index (κ3) is 4.61. The Morgan fingerprint density at radius 1 is 1.08 bits per heavy atom. The van der Waals surface area contributed by atoms with Crippen molar-refractivity contribution in [3.05, 3.63) is 65.7 Å². The number of rotatable bonds is 8. The maximum atomic E-state index is 13.5. The first-order chi connectivity index (χ1) is 12.3. The molecule has 1 amide bonds. The van der Waals surface area contributed by atoms with Crippen LogP contribution >= 0.6 is 15.9 Å². The normalized spacial score (nSPS) is 14.0. The Bertz CT molecular complexity index is 724. The van der Waals surface area contributed by atoms with Crippen LogP contribution in [0.1, 0.15) is 44.7 Å². The first kappa shape index (κ1) is 20.8. The molecule has 0 heterocycles. The Morgan fingerprint density at radius 2 is 1.69 bits per heavy atom. The lowest BCUT2D eigenvalue weighted by Crippen LogP contribution is -2.58. The zero-order valence-corrected chi connectivity index (χ0v) is 17.8. The largest absolute Gasteiger partial charge is 0.367 e. The summed E-state index contributed by atoms with van der Waals surface area (Å²) in [6.45, 7) is 6.38.